The second-order valence-corrected chi connectivity index (χ2v) is 3.45. The number of anilines is 2. The number of rotatable bonds is 5. The van der Waals surface area contributed by atoms with Gasteiger partial charge in [0.05, 0.1) is 18.3 Å². The summed E-state index contributed by atoms with van der Waals surface area (Å²) in [7, 11) is 1.65. The third-order valence-electron chi connectivity index (χ3n) is 2.25. The second-order valence-electron chi connectivity index (χ2n) is 3.45. The smallest absolute Gasteiger partial charge is 0.165 e. The highest BCUT2D eigenvalue weighted by atomic mass is 16.5. The molecule has 0 spiro atoms. The number of ether oxygens (including phenoxy) is 1. The first-order chi connectivity index (χ1) is 7.71. The van der Waals surface area contributed by atoms with E-state index in [0.717, 1.165) is 6.42 Å². The van der Waals surface area contributed by atoms with Crippen molar-refractivity contribution in [3.8, 4) is 6.07 Å². The van der Waals surface area contributed by atoms with Gasteiger partial charge in [-0.25, -0.2) is 4.98 Å². The predicted octanol–water partition coefficient (Wildman–Crippen LogP) is 1.37. The van der Waals surface area contributed by atoms with Gasteiger partial charge in [0.2, 0.25) is 0 Å². The van der Waals surface area contributed by atoms with Crippen molar-refractivity contribution in [1.82, 2.24) is 4.98 Å². The lowest BCUT2D eigenvalue weighted by molar-refractivity contribution is 0.184. The van der Waals surface area contributed by atoms with Crippen LogP contribution in [0, 0.1) is 11.3 Å². The van der Waals surface area contributed by atoms with Gasteiger partial charge in [0.15, 0.2) is 5.69 Å². The third-order valence-corrected chi connectivity index (χ3v) is 2.25. The minimum absolute atomic E-state index is 0.188. The molecule has 1 unspecified atom stereocenters. The SMILES string of the molecule is CCC(COC)Nc1ccc(N)c(C#N)n1. The lowest BCUT2D eigenvalue weighted by Gasteiger charge is -2.16. The Bertz CT molecular complexity index is 386. The molecule has 86 valence electrons. The molecule has 5 nitrogen and oxygen atoms in total. The number of methoxy groups -OCH3 is 1. The number of nitrogen functional groups attached to an aromatic ring is 1. The molecule has 0 fully saturated rings. The number of hydrogen-bond donors (Lipinski definition) is 2. The molecule has 0 radical (unpaired) electrons. The van der Waals surface area contributed by atoms with Crippen molar-refractivity contribution in [3.63, 3.8) is 0 Å². The van der Waals surface area contributed by atoms with E-state index in [0.29, 0.717) is 18.1 Å². The van der Waals surface area contributed by atoms with Gasteiger partial charge in [-0.05, 0) is 18.6 Å². The van der Waals surface area contributed by atoms with Gasteiger partial charge in [0.25, 0.3) is 0 Å². The molecule has 0 saturated carbocycles. The van der Waals surface area contributed by atoms with Gasteiger partial charge in [-0.15, -0.1) is 0 Å². The maximum absolute atomic E-state index is 8.79. The zero-order chi connectivity index (χ0) is 12.0. The second kappa shape index (κ2) is 5.93. The summed E-state index contributed by atoms with van der Waals surface area (Å²) in [6.45, 7) is 2.66. The molecule has 1 atom stereocenters. The minimum Gasteiger partial charge on any atom is -0.396 e. The van der Waals surface area contributed by atoms with Gasteiger partial charge in [-0.2, -0.15) is 5.26 Å². The van der Waals surface area contributed by atoms with Crippen LogP contribution in [-0.2, 0) is 4.74 Å². The van der Waals surface area contributed by atoms with E-state index >= 15 is 0 Å². The monoisotopic (exact) mass is 220 g/mol. The molecule has 0 aromatic carbocycles. The summed E-state index contributed by atoms with van der Waals surface area (Å²) in [6, 6.07) is 5.57. The van der Waals surface area contributed by atoms with Gasteiger partial charge >= 0.3 is 0 Å². The Morgan fingerprint density at radius 2 is 2.38 bits per heavy atom. The maximum atomic E-state index is 8.79. The fourth-order valence-electron chi connectivity index (χ4n) is 1.31. The van der Waals surface area contributed by atoms with Crippen LogP contribution >= 0.6 is 0 Å². The first-order valence-electron chi connectivity index (χ1n) is 5.13. The standard InChI is InChI=1S/C11H16N4O/c1-3-8(7-16-2)14-11-5-4-9(13)10(6-12)15-11/h4-5,8H,3,7,13H2,1-2H3,(H,14,15). The Labute approximate surface area is 95.2 Å². The van der Waals surface area contributed by atoms with Crippen molar-refractivity contribution < 1.29 is 4.74 Å². The maximum Gasteiger partial charge on any atom is 0.165 e. The number of aromatic nitrogens is 1. The van der Waals surface area contributed by atoms with Crippen LogP contribution in [0.5, 0.6) is 0 Å². The number of nitrogens with one attached hydrogen (secondary N) is 1. The zero-order valence-corrected chi connectivity index (χ0v) is 9.53. The molecule has 0 aliphatic heterocycles. The number of nitrogens with zero attached hydrogens (tertiary/aromatic N) is 2. The van der Waals surface area contributed by atoms with Crippen LogP contribution in [0.3, 0.4) is 0 Å². The predicted molar refractivity (Wildman–Crippen MR) is 62.9 cm³/mol. The summed E-state index contributed by atoms with van der Waals surface area (Å²) in [5.74, 6) is 0.648. The lowest BCUT2D eigenvalue weighted by Crippen LogP contribution is -2.24. The highest BCUT2D eigenvalue weighted by molar-refractivity contribution is 5.54. The number of nitriles is 1. The Morgan fingerprint density at radius 1 is 1.62 bits per heavy atom. The van der Waals surface area contributed by atoms with Gasteiger partial charge < -0.3 is 15.8 Å². The Balaban J connectivity index is 2.77. The van der Waals surface area contributed by atoms with E-state index in [2.05, 4.69) is 17.2 Å². The van der Waals surface area contributed by atoms with Crippen LogP contribution in [0.15, 0.2) is 12.1 Å². The largest absolute Gasteiger partial charge is 0.396 e. The molecular formula is C11H16N4O. The first-order valence-corrected chi connectivity index (χ1v) is 5.13. The molecule has 3 N–H and O–H groups in total. The molecule has 1 aromatic rings. The molecule has 5 heteroatoms. The molecule has 1 aromatic heterocycles. The zero-order valence-electron chi connectivity index (χ0n) is 9.53. The van der Waals surface area contributed by atoms with E-state index in [1.54, 1.807) is 19.2 Å². The van der Waals surface area contributed by atoms with Crippen LogP contribution in [-0.4, -0.2) is 24.7 Å². The summed E-state index contributed by atoms with van der Waals surface area (Å²) in [5, 5.41) is 12.0. The topological polar surface area (TPSA) is 84.0 Å². The van der Waals surface area contributed by atoms with E-state index in [1.165, 1.54) is 0 Å². The summed E-state index contributed by atoms with van der Waals surface area (Å²) in [6.07, 6.45) is 0.918. The van der Waals surface area contributed by atoms with Crippen molar-refractivity contribution in [2.75, 3.05) is 24.8 Å². The van der Waals surface area contributed by atoms with Crippen molar-refractivity contribution in [2.24, 2.45) is 0 Å². The summed E-state index contributed by atoms with van der Waals surface area (Å²) in [4.78, 5) is 4.11. The van der Waals surface area contributed by atoms with Crippen molar-refractivity contribution in [2.45, 2.75) is 19.4 Å². The van der Waals surface area contributed by atoms with Gasteiger partial charge in [0, 0.05) is 7.11 Å². The number of nitrogens with two attached hydrogens (primary N) is 1. The van der Waals surface area contributed by atoms with Gasteiger partial charge in [-0.3, -0.25) is 0 Å². The third kappa shape index (κ3) is 3.11. The van der Waals surface area contributed by atoms with Gasteiger partial charge in [0.1, 0.15) is 11.9 Å². The van der Waals surface area contributed by atoms with E-state index in [9.17, 15) is 0 Å². The Morgan fingerprint density at radius 3 is 2.94 bits per heavy atom. The summed E-state index contributed by atoms with van der Waals surface area (Å²) < 4.78 is 5.07. The van der Waals surface area contributed by atoms with E-state index in [-0.39, 0.29) is 11.7 Å². The molecule has 0 aliphatic carbocycles. The van der Waals surface area contributed by atoms with Crippen LogP contribution in [0.4, 0.5) is 11.5 Å². The molecule has 0 amide bonds. The van der Waals surface area contributed by atoms with Crippen molar-refractivity contribution >= 4 is 11.5 Å². The molecule has 1 heterocycles. The van der Waals surface area contributed by atoms with Crippen LogP contribution < -0.4 is 11.1 Å². The highest BCUT2D eigenvalue weighted by Crippen LogP contribution is 2.13. The Hall–Kier alpha value is -1.80. The highest BCUT2D eigenvalue weighted by Gasteiger charge is 2.07. The fraction of sp³-hybridized carbons (Fsp3) is 0.455. The molecular weight excluding hydrogens is 204 g/mol. The molecule has 0 saturated heterocycles. The molecule has 1 rings (SSSR count). The van der Waals surface area contributed by atoms with Gasteiger partial charge in [-0.1, -0.05) is 6.92 Å². The van der Waals surface area contributed by atoms with E-state index in [4.69, 9.17) is 15.7 Å². The average Bonchev–Trinajstić information content (AvgIpc) is 2.30. The molecule has 0 aliphatic rings. The number of hydrogen-bond acceptors (Lipinski definition) is 5. The summed E-state index contributed by atoms with van der Waals surface area (Å²) >= 11 is 0. The van der Waals surface area contributed by atoms with E-state index < -0.39 is 0 Å². The van der Waals surface area contributed by atoms with E-state index in [1.807, 2.05) is 6.07 Å². The Kier molecular flexibility index (Phi) is 4.55. The fourth-order valence-corrected chi connectivity index (χ4v) is 1.31. The summed E-state index contributed by atoms with van der Waals surface area (Å²) in [5.41, 5.74) is 6.23. The van der Waals surface area contributed by atoms with Crippen molar-refractivity contribution in [1.29, 1.82) is 5.26 Å². The molecule has 0 bridgehead atoms. The van der Waals surface area contributed by atoms with Crippen LogP contribution in [0.25, 0.3) is 0 Å². The van der Waals surface area contributed by atoms with Crippen LogP contribution in [0.1, 0.15) is 19.0 Å². The normalized spacial score (nSPS) is 11.8. The first kappa shape index (κ1) is 12.3. The van der Waals surface area contributed by atoms with Crippen molar-refractivity contribution in [3.05, 3.63) is 17.8 Å². The number of pyridine rings is 1. The lowest BCUT2D eigenvalue weighted by atomic mass is 10.2. The minimum atomic E-state index is 0.188. The molecule has 16 heavy (non-hydrogen) atoms. The van der Waals surface area contributed by atoms with Crippen LogP contribution in [0.2, 0.25) is 0 Å². The average molecular weight is 220 g/mol. The quantitative estimate of drug-likeness (QED) is 0.783.